The number of hydrogen-bond donors (Lipinski definition) is 0. The number of thioether (sulfide) groups is 1. The molecule has 1 aliphatic rings. The molecule has 2 aromatic rings. The third kappa shape index (κ3) is 4.63. The average molecular weight is 355 g/mol. The van der Waals surface area contributed by atoms with Crippen LogP contribution < -0.4 is 0 Å². The lowest BCUT2D eigenvalue weighted by molar-refractivity contribution is 0.0696. The first-order valence-corrected chi connectivity index (χ1v) is 9.95. The highest BCUT2D eigenvalue weighted by Gasteiger charge is 2.21. The normalized spacial score (nSPS) is 15.4. The minimum absolute atomic E-state index is 0.123. The van der Waals surface area contributed by atoms with Crippen molar-refractivity contribution in [2.45, 2.75) is 44.3 Å². The molecule has 4 heteroatoms. The van der Waals surface area contributed by atoms with Crippen molar-refractivity contribution in [3.05, 3.63) is 58.9 Å². The first-order valence-electron chi connectivity index (χ1n) is 8.96. The summed E-state index contributed by atoms with van der Waals surface area (Å²) in [5, 5.41) is 0. The minimum atomic E-state index is 0.123. The van der Waals surface area contributed by atoms with Gasteiger partial charge in [0.2, 0.25) is 0 Å². The van der Waals surface area contributed by atoms with Gasteiger partial charge in [0.1, 0.15) is 0 Å². The molecular formula is C21H26N2OS. The fraction of sp³-hybridized carbons (Fsp3) is 0.429. The fourth-order valence-electron chi connectivity index (χ4n) is 3.10. The van der Waals surface area contributed by atoms with Crippen molar-refractivity contribution in [1.82, 2.24) is 9.88 Å². The van der Waals surface area contributed by atoms with Crippen LogP contribution in [0.4, 0.5) is 0 Å². The number of hydrogen-bond acceptors (Lipinski definition) is 3. The topological polar surface area (TPSA) is 33.2 Å². The van der Waals surface area contributed by atoms with E-state index >= 15 is 0 Å². The Morgan fingerprint density at radius 1 is 1.20 bits per heavy atom. The van der Waals surface area contributed by atoms with Gasteiger partial charge < -0.3 is 4.90 Å². The van der Waals surface area contributed by atoms with Crippen LogP contribution in [-0.4, -0.2) is 28.9 Å². The summed E-state index contributed by atoms with van der Waals surface area (Å²) in [5.74, 6) is 1.68. The highest BCUT2D eigenvalue weighted by Crippen LogP contribution is 2.27. The lowest BCUT2D eigenvalue weighted by Gasteiger charge is -2.30. The molecule has 1 aliphatic heterocycles. The van der Waals surface area contributed by atoms with Crippen LogP contribution in [0.2, 0.25) is 0 Å². The molecule has 0 radical (unpaired) electrons. The molecule has 1 amide bonds. The van der Waals surface area contributed by atoms with E-state index in [9.17, 15) is 4.79 Å². The Bertz CT molecular complexity index is 751. The lowest BCUT2D eigenvalue weighted by Crippen LogP contribution is -2.37. The quantitative estimate of drug-likeness (QED) is 0.735. The van der Waals surface area contributed by atoms with E-state index in [1.807, 2.05) is 17.2 Å². The maximum atomic E-state index is 12.7. The van der Waals surface area contributed by atoms with E-state index in [1.54, 1.807) is 18.0 Å². The molecule has 0 aliphatic carbocycles. The summed E-state index contributed by atoms with van der Waals surface area (Å²) in [6, 6.07) is 8.52. The number of carbonyl (C=O) groups excluding carboxylic acids is 1. The van der Waals surface area contributed by atoms with Crippen LogP contribution in [-0.2, 0) is 5.75 Å². The van der Waals surface area contributed by atoms with Crippen LogP contribution in [0.25, 0.3) is 0 Å². The van der Waals surface area contributed by atoms with Gasteiger partial charge in [-0.3, -0.25) is 9.78 Å². The number of piperidine rings is 1. The second-order valence-corrected chi connectivity index (χ2v) is 8.13. The number of aromatic nitrogens is 1. The standard InChI is InChI=1S/C21H26N2OS/c1-15-6-8-23(9-7-15)21(24)19-11-18(12-22-13-19)14-25-20-10-16(2)4-5-17(20)3/h4-5,10-13,15H,6-9,14H2,1-3H3. The van der Waals surface area contributed by atoms with Crippen LogP contribution in [0.15, 0.2) is 41.6 Å². The number of nitrogens with zero attached hydrogens (tertiary/aromatic N) is 2. The number of carbonyl (C=O) groups is 1. The highest BCUT2D eigenvalue weighted by molar-refractivity contribution is 7.98. The molecular weight excluding hydrogens is 328 g/mol. The summed E-state index contributed by atoms with van der Waals surface area (Å²) in [5.41, 5.74) is 4.38. The summed E-state index contributed by atoms with van der Waals surface area (Å²) in [6.45, 7) is 8.23. The number of benzene rings is 1. The Labute approximate surface area is 154 Å². The predicted molar refractivity (Wildman–Crippen MR) is 104 cm³/mol. The van der Waals surface area contributed by atoms with Crippen molar-refractivity contribution in [3.63, 3.8) is 0 Å². The fourth-order valence-corrected chi connectivity index (χ4v) is 4.15. The van der Waals surface area contributed by atoms with Gasteiger partial charge in [-0.25, -0.2) is 0 Å². The molecule has 1 aromatic heterocycles. The van der Waals surface area contributed by atoms with Gasteiger partial charge in [-0.2, -0.15) is 0 Å². The summed E-state index contributed by atoms with van der Waals surface area (Å²) in [7, 11) is 0. The summed E-state index contributed by atoms with van der Waals surface area (Å²) in [4.78, 5) is 20.3. The van der Waals surface area contributed by atoms with Gasteiger partial charge in [0, 0.05) is 36.1 Å². The van der Waals surface area contributed by atoms with E-state index < -0.39 is 0 Å². The number of pyridine rings is 1. The molecule has 3 nitrogen and oxygen atoms in total. The van der Waals surface area contributed by atoms with Crippen molar-refractivity contribution in [1.29, 1.82) is 0 Å². The van der Waals surface area contributed by atoms with Gasteiger partial charge in [0.15, 0.2) is 0 Å². The van der Waals surface area contributed by atoms with E-state index in [-0.39, 0.29) is 5.91 Å². The van der Waals surface area contributed by atoms with Gasteiger partial charge in [-0.05, 0) is 55.9 Å². The zero-order valence-corrected chi connectivity index (χ0v) is 16.1. The Hall–Kier alpha value is -1.81. The first kappa shape index (κ1) is 18.0. The summed E-state index contributed by atoms with van der Waals surface area (Å²) >= 11 is 1.81. The molecule has 0 bridgehead atoms. The second kappa shape index (κ2) is 8.05. The molecule has 3 rings (SSSR count). The predicted octanol–water partition coefficient (Wildman–Crippen LogP) is 4.86. The van der Waals surface area contributed by atoms with Gasteiger partial charge in [-0.15, -0.1) is 11.8 Å². The monoisotopic (exact) mass is 354 g/mol. The first-order chi connectivity index (χ1) is 12.0. The second-order valence-electron chi connectivity index (χ2n) is 7.11. The molecule has 1 fully saturated rings. The van der Waals surface area contributed by atoms with Crippen molar-refractivity contribution >= 4 is 17.7 Å². The zero-order valence-electron chi connectivity index (χ0n) is 15.3. The SMILES string of the molecule is Cc1ccc(C)c(SCc2cncc(C(=O)N3CCC(C)CC3)c2)c1. The van der Waals surface area contributed by atoms with Gasteiger partial charge in [-0.1, -0.05) is 24.6 Å². The lowest BCUT2D eigenvalue weighted by atomic mass is 9.99. The Morgan fingerprint density at radius 2 is 1.96 bits per heavy atom. The van der Waals surface area contributed by atoms with Crippen LogP contribution in [0.1, 0.15) is 46.8 Å². The molecule has 0 spiro atoms. The van der Waals surface area contributed by atoms with Gasteiger partial charge in [0.25, 0.3) is 5.91 Å². The average Bonchev–Trinajstić information content (AvgIpc) is 2.63. The largest absolute Gasteiger partial charge is 0.339 e. The van der Waals surface area contributed by atoms with E-state index in [0.717, 1.165) is 43.2 Å². The van der Waals surface area contributed by atoms with Gasteiger partial charge in [0.05, 0.1) is 5.56 Å². The third-order valence-corrected chi connectivity index (χ3v) is 6.08. The summed E-state index contributed by atoms with van der Waals surface area (Å²) < 4.78 is 0. The van der Waals surface area contributed by atoms with Crippen molar-refractivity contribution < 1.29 is 4.79 Å². The van der Waals surface area contributed by atoms with Gasteiger partial charge >= 0.3 is 0 Å². The van der Waals surface area contributed by atoms with E-state index in [1.165, 1.54) is 16.0 Å². The van der Waals surface area contributed by atoms with E-state index in [0.29, 0.717) is 5.56 Å². The van der Waals surface area contributed by atoms with Crippen LogP contribution in [0.3, 0.4) is 0 Å². The minimum Gasteiger partial charge on any atom is -0.339 e. The number of amides is 1. The van der Waals surface area contributed by atoms with E-state index in [2.05, 4.69) is 44.0 Å². The maximum Gasteiger partial charge on any atom is 0.255 e. The third-order valence-electron chi connectivity index (χ3n) is 4.85. The van der Waals surface area contributed by atoms with Crippen molar-refractivity contribution in [2.75, 3.05) is 13.1 Å². The molecule has 0 N–H and O–H groups in total. The smallest absolute Gasteiger partial charge is 0.255 e. The Kier molecular flexibility index (Phi) is 5.79. The molecule has 132 valence electrons. The van der Waals surface area contributed by atoms with Crippen LogP contribution >= 0.6 is 11.8 Å². The molecule has 2 heterocycles. The van der Waals surface area contributed by atoms with Crippen LogP contribution in [0.5, 0.6) is 0 Å². The number of rotatable bonds is 4. The molecule has 0 unspecified atom stereocenters. The molecule has 1 aromatic carbocycles. The highest BCUT2D eigenvalue weighted by atomic mass is 32.2. The number of aryl methyl sites for hydroxylation is 2. The zero-order chi connectivity index (χ0) is 17.8. The van der Waals surface area contributed by atoms with Crippen molar-refractivity contribution in [3.8, 4) is 0 Å². The maximum absolute atomic E-state index is 12.7. The molecule has 1 saturated heterocycles. The molecule has 0 saturated carbocycles. The Balaban J connectivity index is 1.67. The number of likely N-dealkylation sites (tertiary alicyclic amines) is 1. The molecule has 25 heavy (non-hydrogen) atoms. The van der Waals surface area contributed by atoms with Crippen molar-refractivity contribution in [2.24, 2.45) is 5.92 Å². The summed E-state index contributed by atoms with van der Waals surface area (Å²) in [6.07, 6.45) is 5.77. The Morgan fingerprint density at radius 3 is 2.72 bits per heavy atom. The molecule has 0 atom stereocenters. The van der Waals surface area contributed by atoms with Crippen LogP contribution in [0, 0.1) is 19.8 Å². The van der Waals surface area contributed by atoms with E-state index in [4.69, 9.17) is 0 Å².